The molecule has 0 radical (unpaired) electrons. The largest absolute Gasteiger partial charge is 0.462 e. The van der Waals surface area contributed by atoms with Crippen LogP contribution in [0.25, 0.3) is 0 Å². The first kappa shape index (κ1) is 39.6. The van der Waals surface area contributed by atoms with Crippen LogP contribution in [0.5, 0.6) is 0 Å². The van der Waals surface area contributed by atoms with Gasteiger partial charge in [0.05, 0.1) is 17.3 Å². The smallest absolute Gasteiger partial charge is 0.302 e. The standard InChI is InChI=1S/C42H62O6/c1-29(18-14-19-31(3)22-23-37-38(6,7)26-35(47-33(5)43)27-40(37,10)46)16-12-13-17-30(2)20-15-21-32(4)36(45)28-42-39(8,9)24-34(44)25-41(42,11)48-42/h14-21,23,34-35,44,46H,12-13,22,24-28H2,1-11H3/b18-14+,20-15+,29-16+,30-17+,31-19+,32-21+,37-23-/t34-,35-,40+,41+,42-/m0/s1. The SMILES string of the molecule is CC(=O)O[C@H]1CC(C)(C)/C(=C/C/C(C)=C/C=C/C(C)=C/CC/C=C(C)/C=C/C=C(\C)C(=O)C[C@@]23O[C@]2(C)C[C@@H](O)CC3(C)C)[C@](C)(O)C1. The van der Waals surface area contributed by atoms with Crippen LogP contribution < -0.4 is 0 Å². The van der Waals surface area contributed by atoms with E-state index < -0.39 is 16.8 Å². The van der Waals surface area contributed by atoms with E-state index in [1.165, 1.54) is 18.1 Å². The Kier molecular flexibility index (Phi) is 12.7. The summed E-state index contributed by atoms with van der Waals surface area (Å²) < 4.78 is 11.6. The molecule has 0 bridgehead atoms. The Morgan fingerprint density at radius 2 is 1.44 bits per heavy atom. The van der Waals surface area contributed by atoms with Gasteiger partial charge in [0.2, 0.25) is 0 Å². The van der Waals surface area contributed by atoms with Gasteiger partial charge < -0.3 is 19.7 Å². The number of epoxide rings is 1. The highest BCUT2D eigenvalue weighted by molar-refractivity contribution is 5.96. The van der Waals surface area contributed by atoms with Gasteiger partial charge >= 0.3 is 5.97 Å². The molecule has 3 fully saturated rings. The van der Waals surface area contributed by atoms with Crippen LogP contribution >= 0.6 is 0 Å². The van der Waals surface area contributed by atoms with Gasteiger partial charge in [0.15, 0.2) is 5.78 Å². The molecule has 48 heavy (non-hydrogen) atoms. The van der Waals surface area contributed by atoms with Crippen molar-refractivity contribution in [2.24, 2.45) is 10.8 Å². The van der Waals surface area contributed by atoms with Crippen LogP contribution in [0.3, 0.4) is 0 Å². The summed E-state index contributed by atoms with van der Waals surface area (Å²) in [4.78, 5) is 24.6. The van der Waals surface area contributed by atoms with E-state index in [0.717, 1.165) is 36.0 Å². The number of hydrogen-bond acceptors (Lipinski definition) is 6. The van der Waals surface area contributed by atoms with Gasteiger partial charge in [0, 0.05) is 26.2 Å². The summed E-state index contributed by atoms with van der Waals surface area (Å²) >= 11 is 0. The number of Topliss-reactive ketones (excluding diaryl/α,β-unsaturated/α-hetero) is 1. The number of fused-ring (bicyclic) bond motifs is 1. The Labute approximate surface area is 290 Å². The number of allylic oxidation sites excluding steroid dienone is 13. The second kappa shape index (κ2) is 15.4. The monoisotopic (exact) mass is 662 g/mol. The molecule has 0 amide bonds. The number of unbranched alkanes of at least 4 members (excludes halogenated alkanes) is 1. The van der Waals surface area contributed by atoms with Crippen molar-refractivity contribution in [1.29, 1.82) is 0 Å². The number of ketones is 1. The Bertz CT molecular complexity index is 1410. The Balaban J connectivity index is 1.46. The molecule has 3 rings (SSSR count). The van der Waals surface area contributed by atoms with Crippen LogP contribution in [0.4, 0.5) is 0 Å². The zero-order valence-corrected chi connectivity index (χ0v) is 31.5. The molecular formula is C42H62O6. The highest BCUT2D eigenvalue weighted by Gasteiger charge is 2.76. The number of carbonyl (C=O) groups is 2. The average Bonchev–Trinajstić information content (AvgIpc) is 3.53. The minimum Gasteiger partial charge on any atom is -0.462 e. The van der Waals surface area contributed by atoms with Crippen molar-refractivity contribution in [2.45, 2.75) is 157 Å². The van der Waals surface area contributed by atoms with E-state index in [1.54, 1.807) is 0 Å². The number of hydrogen-bond donors (Lipinski definition) is 2. The molecule has 0 aromatic heterocycles. The number of rotatable bonds is 13. The van der Waals surface area contributed by atoms with E-state index in [9.17, 15) is 19.8 Å². The van der Waals surface area contributed by atoms with E-state index in [2.05, 4.69) is 84.9 Å². The number of carbonyl (C=O) groups excluding carboxylic acids is 2. The van der Waals surface area contributed by atoms with Gasteiger partial charge in [0.1, 0.15) is 11.7 Å². The van der Waals surface area contributed by atoms with Gasteiger partial charge in [-0.05, 0) is 95.6 Å². The van der Waals surface area contributed by atoms with Gasteiger partial charge in [0.25, 0.3) is 0 Å². The average molecular weight is 663 g/mol. The van der Waals surface area contributed by atoms with Gasteiger partial charge in [-0.25, -0.2) is 0 Å². The molecule has 0 unspecified atom stereocenters. The highest BCUT2D eigenvalue weighted by atomic mass is 16.6. The molecular weight excluding hydrogens is 600 g/mol. The fourth-order valence-corrected chi connectivity index (χ4v) is 8.26. The first-order valence-electron chi connectivity index (χ1n) is 17.7. The summed E-state index contributed by atoms with van der Waals surface area (Å²) in [5.74, 6) is -0.205. The highest BCUT2D eigenvalue weighted by Crippen LogP contribution is 2.67. The first-order chi connectivity index (χ1) is 22.1. The van der Waals surface area contributed by atoms with E-state index >= 15 is 0 Å². The van der Waals surface area contributed by atoms with E-state index in [0.29, 0.717) is 32.1 Å². The first-order valence-corrected chi connectivity index (χ1v) is 17.7. The zero-order valence-electron chi connectivity index (χ0n) is 31.5. The lowest BCUT2D eigenvalue weighted by atomic mass is 9.61. The summed E-state index contributed by atoms with van der Waals surface area (Å²) in [6, 6.07) is 0. The van der Waals surface area contributed by atoms with Crippen molar-refractivity contribution in [3.63, 3.8) is 0 Å². The number of ether oxygens (including phenoxy) is 2. The van der Waals surface area contributed by atoms with Crippen molar-refractivity contribution in [1.82, 2.24) is 0 Å². The number of aliphatic hydroxyl groups excluding tert-OH is 1. The third-order valence-corrected chi connectivity index (χ3v) is 10.7. The molecule has 6 nitrogen and oxygen atoms in total. The molecule has 5 atom stereocenters. The van der Waals surface area contributed by atoms with Crippen LogP contribution in [-0.2, 0) is 19.1 Å². The molecule has 2 N–H and O–H groups in total. The summed E-state index contributed by atoms with van der Waals surface area (Å²) in [5.41, 5.74) is 2.84. The molecule has 1 aliphatic heterocycles. The van der Waals surface area contributed by atoms with Gasteiger partial charge in [-0.3, -0.25) is 9.59 Å². The van der Waals surface area contributed by atoms with E-state index in [4.69, 9.17) is 9.47 Å². The lowest BCUT2D eigenvalue weighted by Gasteiger charge is -2.46. The van der Waals surface area contributed by atoms with Crippen molar-refractivity contribution in [3.8, 4) is 0 Å². The Morgan fingerprint density at radius 1 is 0.854 bits per heavy atom. The molecule has 1 saturated heterocycles. The fourth-order valence-electron chi connectivity index (χ4n) is 8.26. The fraction of sp³-hybridized carbons (Fsp3) is 0.619. The summed E-state index contributed by atoms with van der Waals surface area (Å²) in [6.45, 7) is 21.8. The van der Waals surface area contributed by atoms with Gasteiger partial charge in [-0.15, -0.1) is 0 Å². The number of aliphatic hydroxyl groups is 2. The maximum Gasteiger partial charge on any atom is 0.302 e. The maximum absolute atomic E-state index is 13.1. The molecule has 266 valence electrons. The molecule has 0 aromatic carbocycles. The quantitative estimate of drug-likeness (QED) is 0.0510. The molecule has 6 heteroatoms. The third kappa shape index (κ3) is 9.89. The summed E-state index contributed by atoms with van der Waals surface area (Å²) in [7, 11) is 0. The van der Waals surface area contributed by atoms with Crippen LogP contribution in [0, 0.1) is 10.8 Å². The molecule has 2 aliphatic carbocycles. The zero-order chi connectivity index (χ0) is 36.1. The third-order valence-electron chi connectivity index (χ3n) is 10.7. The minimum absolute atomic E-state index is 0.0993. The van der Waals surface area contributed by atoms with Crippen molar-refractivity contribution in [2.75, 3.05) is 0 Å². The predicted molar refractivity (Wildman–Crippen MR) is 195 cm³/mol. The summed E-state index contributed by atoms with van der Waals surface area (Å²) in [6.07, 6.45) is 23.4. The Hall–Kier alpha value is -2.80. The topological polar surface area (TPSA) is 96.4 Å². The normalized spacial score (nSPS) is 33.3. The van der Waals surface area contributed by atoms with Crippen LogP contribution in [-0.4, -0.2) is 51.0 Å². The molecule has 3 aliphatic rings. The molecule has 1 heterocycles. The maximum atomic E-state index is 13.1. The van der Waals surface area contributed by atoms with E-state index in [1.807, 2.05) is 39.0 Å². The van der Waals surface area contributed by atoms with Gasteiger partial charge in [-0.2, -0.15) is 0 Å². The molecule has 0 aromatic rings. The van der Waals surface area contributed by atoms with Crippen molar-refractivity contribution < 1.29 is 29.3 Å². The molecule has 0 spiro atoms. The molecule has 2 saturated carbocycles. The van der Waals surface area contributed by atoms with Crippen LogP contribution in [0.15, 0.2) is 82.5 Å². The van der Waals surface area contributed by atoms with Crippen molar-refractivity contribution in [3.05, 3.63) is 82.5 Å². The summed E-state index contributed by atoms with van der Waals surface area (Å²) in [5, 5.41) is 21.5. The van der Waals surface area contributed by atoms with Crippen LogP contribution in [0.2, 0.25) is 0 Å². The van der Waals surface area contributed by atoms with E-state index in [-0.39, 0.29) is 34.8 Å². The Morgan fingerprint density at radius 3 is 1.98 bits per heavy atom. The minimum atomic E-state index is -1.01. The lowest BCUT2D eigenvalue weighted by Crippen LogP contribution is -2.48. The lowest BCUT2D eigenvalue weighted by molar-refractivity contribution is -0.152. The second-order valence-corrected chi connectivity index (χ2v) is 16.4. The number of esters is 1. The van der Waals surface area contributed by atoms with Gasteiger partial charge in [-0.1, -0.05) is 99.1 Å². The second-order valence-electron chi connectivity index (χ2n) is 16.4. The predicted octanol–water partition coefficient (Wildman–Crippen LogP) is 9.15. The van der Waals surface area contributed by atoms with Crippen molar-refractivity contribution >= 4 is 11.8 Å². The van der Waals surface area contributed by atoms with Crippen LogP contribution in [0.1, 0.15) is 128 Å².